The Balaban J connectivity index is 0.000000273. The Morgan fingerprint density at radius 3 is 2.33 bits per heavy atom. The minimum Gasteiger partial charge on any atom is -0.385 e. The van der Waals surface area contributed by atoms with Crippen molar-refractivity contribution in [2.75, 3.05) is 22.9 Å². The molecule has 3 aromatic rings. The second-order valence-corrected chi connectivity index (χ2v) is 9.81. The summed E-state index contributed by atoms with van der Waals surface area (Å²) in [6.45, 7) is 15.7. The molecule has 2 N–H and O–H groups in total. The van der Waals surface area contributed by atoms with Gasteiger partial charge in [0.05, 0.1) is 10.6 Å². The number of benzene rings is 2. The van der Waals surface area contributed by atoms with Gasteiger partial charge in [0.15, 0.2) is 0 Å². The highest BCUT2D eigenvalue weighted by Crippen LogP contribution is 2.30. The molecular formula is C29H38N2S2. The summed E-state index contributed by atoms with van der Waals surface area (Å²) in [5.74, 6) is 0.943. The van der Waals surface area contributed by atoms with E-state index in [0.717, 1.165) is 30.7 Å². The molecule has 4 heteroatoms. The lowest BCUT2D eigenvalue weighted by atomic mass is 9.98. The minimum atomic E-state index is 0.943. The first kappa shape index (κ1) is 26.8. The van der Waals surface area contributed by atoms with Gasteiger partial charge in [-0.25, -0.2) is 0 Å². The van der Waals surface area contributed by atoms with Crippen molar-refractivity contribution in [3.05, 3.63) is 93.7 Å². The van der Waals surface area contributed by atoms with Crippen LogP contribution in [0.4, 0.5) is 11.4 Å². The summed E-state index contributed by atoms with van der Waals surface area (Å²) in [7, 11) is 0. The molecule has 1 aromatic heterocycles. The van der Waals surface area contributed by atoms with E-state index in [0.29, 0.717) is 0 Å². The summed E-state index contributed by atoms with van der Waals surface area (Å²) in [4.78, 5) is 2.61. The Kier molecular flexibility index (Phi) is 11.4. The smallest absolute Gasteiger partial charge is 0.0516 e. The van der Waals surface area contributed by atoms with Crippen LogP contribution in [0.5, 0.6) is 0 Å². The average molecular weight is 479 g/mol. The Morgan fingerprint density at radius 1 is 1.06 bits per heavy atom. The molecule has 176 valence electrons. The third kappa shape index (κ3) is 8.45. The summed E-state index contributed by atoms with van der Waals surface area (Å²) in [5.41, 5.74) is 8.54. The van der Waals surface area contributed by atoms with Gasteiger partial charge in [-0.15, -0.1) is 11.3 Å². The lowest BCUT2D eigenvalue weighted by Gasteiger charge is -2.16. The number of hydrogen-bond donors (Lipinski definition) is 3. The fourth-order valence-electron chi connectivity index (χ4n) is 3.47. The molecule has 0 aliphatic carbocycles. The van der Waals surface area contributed by atoms with E-state index in [-0.39, 0.29) is 0 Å². The molecule has 0 unspecified atom stereocenters. The lowest BCUT2D eigenvalue weighted by molar-refractivity contribution is 0.995. The predicted molar refractivity (Wildman–Crippen MR) is 155 cm³/mol. The topological polar surface area (TPSA) is 24.1 Å². The third-order valence-corrected chi connectivity index (χ3v) is 6.62. The van der Waals surface area contributed by atoms with Crippen LogP contribution in [0.15, 0.2) is 67.3 Å². The van der Waals surface area contributed by atoms with E-state index in [2.05, 4.69) is 125 Å². The van der Waals surface area contributed by atoms with Gasteiger partial charge in [-0.2, -0.15) is 12.6 Å². The van der Waals surface area contributed by atoms with Crippen LogP contribution in [0, 0.1) is 13.8 Å². The summed E-state index contributed by atoms with van der Waals surface area (Å²) in [6.07, 6.45) is 4.24. The Bertz CT molecular complexity index is 1050. The first-order valence-electron chi connectivity index (χ1n) is 11.6. The molecule has 0 atom stereocenters. The maximum Gasteiger partial charge on any atom is 0.0516 e. The van der Waals surface area contributed by atoms with Crippen molar-refractivity contribution in [3.63, 3.8) is 0 Å². The second-order valence-electron chi connectivity index (χ2n) is 8.07. The summed E-state index contributed by atoms with van der Waals surface area (Å²) in [5, 5.41) is 6.93. The van der Waals surface area contributed by atoms with Crippen molar-refractivity contribution in [3.8, 4) is 0 Å². The van der Waals surface area contributed by atoms with Crippen LogP contribution >= 0.6 is 24.0 Å². The highest BCUT2D eigenvalue weighted by atomic mass is 32.1. The van der Waals surface area contributed by atoms with Crippen molar-refractivity contribution in [1.82, 2.24) is 0 Å². The zero-order chi connectivity index (χ0) is 24.2. The van der Waals surface area contributed by atoms with Crippen LogP contribution in [0.25, 0.3) is 11.3 Å². The predicted octanol–water partition coefficient (Wildman–Crippen LogP) is 8.85. The van der Waals surface area contributed by atoms with Gasteiger partial charge in [0.2, 0.25) is 0 Å². The van der Waals surface area contributed by atoms with E-state index in [9.17, 15) is 0 Å². The van der Waals surface area contributed by atoms with E-state index < -0.39 is 0 Å². The molecule has 0 amide bonds. The summed E-state index contributed by atoms with van der Waals surface area (Å²) in [6, 6.07) is 19.2. The number of anilines is 2. The van der Waals surface area contributed by atoms with Gasteiger partial charge in [-0.1, -0.05) is 55.0 Å². The van der Waals surface area contributed by atoms with Gasteiger partial charge in [0.25, 0.3) is 0 Å². The van der Waals surface area contributed by atoms with Gasteiger partial charge in [0.1, 0.15) is 0 Å². The first-order chi connectivity index (χ1) is 15.9. The summed E-state index contributed by atoms with van der Waals surface area (Å²) >= 11 is 5.96. The fourth-order valence-corrected chi connectivity index (χ4v) is 4.52. The molecule has 0 aliphatic rings. The lowest BCUT2D eigenvalue weighted by Crippen LogP contribution is -2.02. The largest absolute Gasteiger partial charge is 0.385 e. The molecule has 0 saturated carbocycles. The average Bonchev–Trinajstić information content (AvgIpc) is 3.25. The van der Waals surface area contributed by atoms with E-state index in [4.69, 9.17) is 0 Å². The molecule has 2 aromatic carbocycles. The van der Waals surface area contributed by atoms with Gasteiger partial charge < -0.3 is 10.6 Å². The fraction of sp³-hybridized carbons (Fsp3) is 0.310. The number of rotatable bonds is 9. The van der Waals surface area contributed by atoms with Crippen molar-refractivity contribution >= 4 is 46.6 Å². The van der Waals surface area contributed by atoms with Crippen LogP contribution in [0.3, 0.4) is 0 Å². The molecule has 0 fully saturated rings. The standard InChI is InChI=1S/C19H23NS.C10H15NS/c1-6-15-16(13(3)4)9-8-10-18(15)20-17(7-2)19-12-11-14(5)21-19;1-9-3-5-10(6-4-9)11-7-2-8-12/h7-12,20H,3,6H2,1-2,4-5H3;3-6,11-12H,2,7-8H2,1H3/b17-7-;. The molecule has 0 radical (unpaired) electrons. The number of aryl methyl sites for hydroxylation is 2. The Labute approximate surface area is 210 Å². The van der Waals surface area contributed by atoms with Crippen molar-refractivity contribution in [1.29, 1.82) is 0 Å². The van der Waals surface area contributed by atoms with Gasteiger partial charge >= 0.3 is 0 Å². The number of allylic oxidation sites excluding steroid dienone is 2. The maximum atomic E-state index is 4.14. The quantitative estimate of drug-likeness (QED) is 0.211. The second kappa shape index (κ2) is 14.0. The third-order valence-electron chi connectivity index (χ3n) is 5.27. The van der Waals surface area contributed by atoms with E-state index in [1.165, 1.54) is 43.5 Å². The molecule has 2 nitrogen and oxygen atoms in total. The van der Waals surface area contributed by atoms with Crippen LogP contribution in [0.2, 0.25) is 0 Å². The molecule has 0 saturated heterocycles. The van der Waals surface area contributed by atoms with Crippen LogP contribution in [0.1, 0.15) is 53.6 Å². The molecule has 3 rings (SSSR count). The number of thiophene rings is 1. The van der Waals surface area contributed by atoms with Crippen LogP contribution in [-0.2, 0) is 6.42 Å². The van der Waals surface area contributed by atoms with Crippen LogP contribution in [-0.4, -0.2) is 12.3 Å². The molecule has 0 spiro atoms. The normalized spacial score (nSPS) is 10.9. The molecule has 1 heterocycles. The maximum absolute atomic E-state index is 4.14. The first-order valence-corrected chi connectivity index (χ1v) is 13.0. The molecule has 0 bridgehead atoms. The molecule has 33 heavy (non-hydrogen) atoms. The molecule has 0 aliphatic heterocycles. The van der Waals surface area contributed by atoms with E-state index in [1.807, 2.05) is 11.3 Å². The number of thiol groups is 1. The van der Waals surface area contributed by atoms with Gasteiger partial charge in [0, 0.05) is 22.8 Å². The zero-order valence-corrected chi connectivity index (χ0v) is 22.4. The van der Waals surface area contributed by atoms with Gasteiger partial charge in [-0.3, -0.25) is 0 Å². The van der Waals surface area contributed by atoms with Crippen LogP contribution < -0.4 is 10.6 Å². The monoisotopic (exact) mass is 478 g/mol. The minimum absolute atomic E-state index is 0.943. The summed E-state index contributed by atoms with van der Waals surface area (Å²) < 4.78 is 0. The van der Waals surface area contributed by atoms with Gasteiger partial charge in [-0.05, 0) is 87.7 Å². The van der Waals surface area contributed by atoms with Crippen molar-refractivity contribution in [2.45, 2.75) is 47.5 Å². The number of hydrogen-bond acceptors (Lipinski definition) is 4. The Morgan fingerprint density at radius 2 is 1.79 bits per heavy atom. The highest BCUT2D eigenvalue weighted by Gasteiger charge is 2.10. The van der Waals surface area contributed by atoms with E-state index in [1.54, 1.807) is 0 Å². The van der Waals surface area contributed by atoms with Crippen molar-refractivity contribution < 1.29 is 0 Å². The zero-order valence-electron chi connectivity index (χ0n) is 20.7. The highest BCUT2D eigenvalue weighted by molar-refractivity contribution is 7.80. The van der Waals surface area contributed by atoms with Crippen molar-refractivity contribution in [2.24, 2.45) is 0 Å². The Hall–Kier alpha value is -2.43. The number of nitrogens with one attached hydrogen (secondary N) is 2. The van der Waals surface area contributed by atoms with E-state index >= 15 is 0 Å². The molecular weight excluding hydrogens is 440 g/mol. The SMILES string of the molecule is C=C(C)c1cccc(N/C(=C\C)c2ccc(C)s2)c1CC.Cc1ccc(NCCCS)cc1.